The molecule has 0 aliphatic carbocycles. The number of amides is 1. The topological polar surface area (TPSA) is 32.7 Å². The van der Waals surface area contributed by atoms with Crippen molar-refractivity contribution in [2.45, 2.75) is 20.8 Å². The second kappa shape index (κ2) is 6.05. The molecule has 0 saturated heterocycles. The molecule has 0 heterocycles. The fourth-order valence-corrected chi connectivity index (χ4v) is 1.22. The smallest absolute Gasteiger partial charge is 0.267 e. The Morgan fingerprint density at radius 2 is 2.00 bits per heavy atom. The molecule has 1 amide bonds. The third-order valence-corrected chi connectivity index (χ3v) is 2.06. The Morgan fingerprint density at radius 3 is 2.50 bits per heavy atom. The number of rotatable bonds is 4. The summed E-state index contributed by atoms with van der Waals surface area (Å²) in [5.41, 5.74) is 0.672. The average Bonchev–Trinajstić information content (AvgIpc) is 2.30. The molecule has 3 nitrogen and oxygen atoms in total. The lowest BCUT2D eigenvalue weighted by Gasteiger charge is -2.15. The van der Waals surface area contributed by atoms with E-state index in [2.05, 4.69) is 5.10 Å². The first kappa shape index (κ1) is 12.4. The molecule has 16 heavy (non-hydrogen) atoms. The normalized spacial score (nSPS) is 11.0. The molecule has 1 aromatic rings. The van der Waals surface area contributed by atoms with Crippen molar-refractivity contribution in [2.24, 2.45) is 11.0 Å². The van der Waals surface area contributed by atoms with Gasteiger partial charge in [-0.05, 0) is 25.0 Å². The summed E-state index contributed by atoms with van der Waals surface area (Å²) in [7, 11) is 0. The minimum Gasteiger partial charge on any atom is -0.267 e. The molecule has 1 aromatic carbocycles. The Balaban J connectivity index is 2.78. The van der Waals surface area contributed by atoms with Gasteiger partial charge < -0.3 is 0 Å². The van der Waals surface area contributed by atoms with Crippen LogP contribution < -0.4 is 0 Å². The van der Waals surface area contributed by atoms with Crippen molar-refractivity contribution in [3.8, 4) is 0 Å². The van der Waals surface area contributed by atoms with E-state index >= 15 is 0 Å². The maximum Gasteiger partial charge on any atom is 0.273 e. The van der Waals surface area contributed by atoms with Crippen molar-refractivity contribution < 1.29 is 4.79 Å². The van der Waals surface area contributed by atoms with Gasteiger partial charge in [-0.3, -0.25) is 4.79 Å². The van der Waals surface area contributed by atoms with E-state index in [4.69, 9.17) is 0 Å². The molecule has 0 unspecified atom stereocenters. The molecule has 86 valence electrons. The number of nitrogens with zero attached hydrogens (tertiary/aromatic N) is 2. The van der Waals surface area contributed by atoms with Gasteiger partial charge in [0, 0.05) is 18.3 Å². The third-order valence-electron chi connectivity index (χ3n) is 2.06. The molecule has 0 aliphatic rings. The van der Waals surface area contributed by atoms with Crippen molar-refractivity contribution in [2.75, 3.05) is 6.54 Å². The Labute approximate surface area is 96.8 Å². The lowest BCUT2D eigenvalue weighted by Crippen LogP contribution is -2.26. The fraction of sp³-hybridized carbons (Fsp3) is 0.385. The number of hydrogen-bond acceptors (Lipinski definition) is 2. The lowest BCUT2D eigenvalue weighted by molar-refractivity contribution is 0.0769. The number of carbonyl (C=O) groups is 1. The summed E-state index contributed by atoms with van der Waals surface area (Å²) >= 11 is 0. The first-order valence-electron chi connectivity index (χ1n) is 5.56. The summed E-state index contributed by atoms with van der Waals surface area (Å²) in [6.45, 7) is 6.56. The van der Waals surface area contributed by atoms with Crippen LogP contribution in [0.2, 0.25) is 0 Å². The van der Waals surface area contributed by atoms with Crippen molar-refractivity contribution in [1.82, 2.24) is 5.01 Å². The van der Waals surface area contributed by atoms with E-state index < -0.39 is 0 Å². The molecule has 0 radical (unpaired) electrons. The second-order valence-corrected chi connectivity index (χ2v) is 3.90. The zero-order valence-corrected chi connectivity index (χ0v) is 10.1. The summed E-state index contributed by atoms with van der Waals surface area (Å²) in [6, 6.07) is 9.21. The van der Waals surface area contributed by atoms with Crippen molar-refractivity contribution in [1.29, 1.82) is 0 Å². The van der Waals surface area contributed by atoms with Crippen molar-refractivity contribution in [3.05, 3.63) is 35.9 Å². The van der Waals surface area contributed by atoms with Crippen LogP contribution in [0, 0.1) is 5.92 Å². The number of carbonyl (C=O) groups excluding carboxylic acids is 1. The monoisotopic (exact) mass is 218 g/mol. The summed E-state index contributed by atoms with van der Waals surface area (Å²) < 4.78 is 0. The van der Waals surface area contributed by atoms with Gasteiger partial charge in [0.25, 0.3) is 5.91 Å². The fourth-order valence-electron chi connectivity index (χ4n) is 1.22. The van der Waals surface area contributed by atoms with Gasteiger partial charge in [0.05, 0.1) is 0 Å². The lowest BCUT2D eigenvalue weighted by atomic mass is 10.2. The van der Waals surface area contributed by atoms with E-state index in [9.17, 15) is 4.79 Å². The van der Waals surface area contributed by atoms with Gasteiger partial charge in [-0.25, -0.2) is 5.01 Å². The largest absolute Gasteiger partial charge is 0.273 e. The molecule has 0 N–H and O–H groups in total. The number of hydrogen-bond donors (Lipinski definition) is 0. The van der Waals surface area contributed by atoms with Gasteiger partial charge in [0.15, 0.2) is 0 Å². The molecule has 0 bridgehead atoms. The van der Waals surface area contributed by atoms with E-state index in [1.54, 1.807) is 18.3 Å². The Kier molecular flexibility index (Phi) is 4.70. The van der Waals surface area contributed by atoms with E-state index in [1.165, 1.54) is 5.01 Å². The maximum absolute atomic E-state index is 12.0. The standard InChI is InChI=1S/C13H18N2O/c1-4-15(14-10-11(2)3)13(16)12-8-6-5-7-9-12/h5-11H,4H2,1-3H3. The van der Waals surface area contributed by atoms with E-state index in [1.807, 2.05) is 39.0 Å². The summed E-state index contributed by atoms with van der Waals surface area (Å²) in [6.07, 6.45) is 1.78. The zero-order chi connectivity index (χ0) is 12.0. The molecular weight excluding hydrogens is 200 g/mol. The zero-order valence-electron chi connectivity index (χ0n) is 10.1. The highest BCUT2D eigenvalue weighted by Gasteiger charge is 2.11. The SMILES string of the molecule is CCN(N=CC(C)C)C(=O)c1ccccc1. The predicted octanol–water partition coefficient (Wildman–Crippen LogP) is 2.79. The predicted molar refractivity (Wildman–Crippen MR) is 66.5 cm³/mol. The molecule has 0 aromatic heterocycles. The van der Waals surface area contributed by atoms with Crippen LogP contribution in [0.3, 0.4) is 0 Å². The highest BCUT2D eigenvalue weighted by Crippen LogP contribution is 2.05. The molecule has 3 heteroatoms. The van der Waals surface area contributed by atoms with E-state index in [0.717, 1.165) is 0 Å². The first-order chi connectivity index (χ1) is 7.65. The summed E-state index contributed by atoms with van der Waals surface area (Å²) in [5.74, 6) is 0.289. The number of hydrazone groups is 1. The molecule has 0 spiro atoms. The van der Waals surface area contributed by atoms with E-state index in [0.29, 0.717) is 18.0 Å². The van der Waals surface area contributed by atoms with Crippen LogP contribution in [0.5, 0.6) is 0 Å². The molecule has 0 atom stereocenters. The highest BCUT2D eigenvalue weighted by atomic mass is 16.2. The van der Waals surface area contributed by atoms with Crippen LogP contribution in [0.25, 0.3) is 0 Å². The van der Waals surface area contributed by atoms with Crippen molar-refractivity contribution in [3.63, 3.8) is 0 Å². The second-order valence-electron chi connectivity index (χ2n) is 3.90. The average molecular weight is 218 g/mol. The Morgan fingerprint density at radius 1 is 1.38 bits per heavy atom. The Bertz CT molecular complexity index is 357. The number of benzene rings is 1. The van der Waals surface area contributed by atoms with Crippen LogP contribution in [0.4, 0.5) is 0 Å². The van der Waals surface area contributed by atoms with Gasteiger partial charge in [0.1, 0.15) is 0 Å². The molecule has 0 fully saturated rings. The minimum atomic E-state index is -0.0556. The molecular formula is C13H18N2O. The van der Waals surface area contributed by atoms with E-state index in [-0.39, 0.29) is 5.91 Å². The van der Waals surface area contributed by atoms with Crippen molar-refractivity contribution >= 4 is 12.1 Å². The summed E-state index contributed by atoms with van der Waals surface area (Å²) in [4.78, 5) is 12.0. The maximum atomic E-state index is 12.0. The van der Waals surface area contributed by atoms with Gasteiger partial charge in [-0.1, -0.05) is 32.0 Å². The van der Waals surface area contributed by atoms with Gasteiger partial charge >= 0.3 is 0 Å². The first-order valence-corrected chi connectivity index (χ1v) is 5.56. The van der Waals surface area contributed by atoms with Gasteiger partial charge in [-0.15, -0.1) is 0 Å². The summed E-state index contributed by atoms with van der Waals surface area (Å²) in [5, 5.41) is 5.66. The van der Waals surface area contributed by atoms with Gasteiger partial charge in [-0.2, -0.15) is 5.10 Å². The minimum absolute atomic E-state index is 0.0556. The van der Waals surface area contributed by atoms with Crippen LogP contribution in [0.1, 0.15) is 31.1 Å². The third kappa shape index (κ3) is 3.50. The van der Waals surface area contributed by atoms with Crippen LogP contribution >= 0.6 is 0 Å². The van der Waals surface area contributed by atoms with Crippen LogP contribution in [-0.4, -0.2) is 23.7 Å². The molecule has 1 rings (SSSR count). The quantitative estimate of drug-likeness (QED) is 0.565. The Hall–Kier alpha value is -1.64. The molecule has 0 aliphatic heterocycles. The molecule has 0 saturated carbocycles. The highest BCUT2D eigenvalue weighted by molar-refractivity contribution is 5.94. The van der Waals surface area contributed by atoms with Crippen LogP contribution in [-0.2, 0) is 0 Å². The van der Waals surface area contributed by atoms with Crippen LogP contribution in [0.15, 0.2) is 35.4 Å². The van der Waals surface area contributed by atoms with Gasteiger partial charge in [0.2, 0.25) is 0 Å².